The first-order valence-electron chi connectivity index (χ1n) is 6.97. The maximum atomic E-state index is 8.72. The molecule has 0 aliphatic carbocycles. The summed E-state index contributed by atoms with van der Waals surface area (Å²) in [6, 6.07) is 0. The molecule has 0 atom stereocenters. The Balaban J connectivity index is 0. The van der Waals surface area contributed by atoms with E-state index in [2.05, 4.69) is 4.98 Å². The molecule has 1 heterocycles. The fraction of sp³-hybridized carbons (Fsp3) is 0.643. The van der Waals surface area contributed by atoms with Gasteiger partial charge in [-0.25, -0.2) is 0 Å². The Morgan fingerprint density at radius 1 is 0.864 bits per heavy atom. The highest BCUT2D eigenvalue weighted by Crippen LogP contribution is 2.27. The molecule has 0 spiro atoms. The van der Waals surface area contributed by atoms with Crippen molar-refractivity contribution in [3.63, 3.8) is 0 Å². The van der Waals surface area contributed by atoms with Crippen molar-refractivity contribution < 1.29 is 19.7 Å². The Hall–Kier alpha value is -0.790. The van der Waals surface area contributed by atoms with Crippen molar-refractivity contribution in [2.45, 2.75) is 32.2 Å². The van der Waals surface area contributed by atoms with Gasteiger partial charge in [-0.15, -0.1) is 24.8 Å². The molecule has 0 amide bonds. The van der Waals surface area contributed by atoms with Crippen molar-refractivity contribution in [3.8, 4) is 11.5 Å². The summed E-state index contributed by atoms with van der Waals surface area (Å²) in [5, 5.41) is 17.4. The smallest absolute Gasteiger partial charge is 0.145 e. The summed E-state index contributed by atoms with van der Waals surface area (Å²) in [5.41, 5.74) is 6.54. The molecule has 1 aromatic heterocycles. The summed E-state index contributed by atoms with van der Waals surface area (Å²) in [6.07, 6.45) is 6.24. The van der Waals surface area contributed by atoms with Crippen molar-refractivity contribution in [2.24, 2.45) is 5.73 Å². The van der Waals surface area contributed by atoms with E-state index < -0.39 is 0 Å². The lowest BCUT2D eigenvalue weighted by molar-refractivity contribution is 0.244. The average Bonchev–Trinajstić information content (AvgIpc) is 2.48. The number of aliphatic hydroxyl groups is 2. The number of nitrogens with two attached hydrogens (primary N) is 1. The SMILES string of the molecule is Cl.Cl.NCc1c(OCCCCO)cncc1OCCCCO. The lowest BCUT2D eigenvalue weighted by atomic mass is 10.2. The maximum Gasteiger partial charge on any atom is 0.145 e. The fourth-order valence-electron chi connectivity index (χ4n) is 1.69. The van der Waals surface area contributed by atoms with Gasteiger partial charge in [0.05, 0.1) is 31.2 Å². The number of hydrogen-bond acceptors (Lipinski definition) is 6. The third-order valence-electron chi connectivity index (χ3n) is 2.80. The lowest BCUT2D eigenvalue weighted by Gasteiger charge is -2.14. The van der Waals surface area contributed by atoms with E-state index >= 15 is 0 Å². The summed E-state index contributed by atoms with van der Waals surface area (Å²) >= 11 is 0. The van der Waals surface area contributed by atoms with E-state index in [4.69, 9.17) is 25.4 Å². The number of nitrogens with zero attached hydrogens (tertiary/aromatic N) is 1. The number of aliphatic hydroxyl groups excluding tert-OH is 2. The van der Waals surface area contributed by atoms with Gasteiger partial charge < -0.3 is 25.4 Å². The van der Waals surface area contributed by atoms with E-state index in [1.807, 2.05) is 0 Å². The van der Waals surface area contributed by atoms with E-state index in [1.54, 1.807) is 12.4 Å². The Bertz CT molecular complexity index is 354. The minimum absolute atomic E-state index is 0. The van der Waals surface area contributed by atoms with E-state index in [0.29, 0.717) is 44.1 Å². The second-order valence-corrected chi connectivity index (χ2v) is 4.38. The zero-order valence-electron chi connectivity index (χ0n) is 12.6. The monoisotopic (exact) mass is 356 g/mol. The quantitative estimate of drug-likeness (QED) is 0.522. The fourth-order valence-corrected chi connectivity index (χ4v) is 1.69. The van der Waals surface area contributed by atoms with Crippen LogP contribution in [-0.4, -0.2) is 41.6 Å². The number of rotatable bonds is 11. The van der Waals surface area contributed by atoms with Crippen molar-refractivity contribution in [1.82, 2.24) is 4.98 Å². The largest absolute Gasteiger partial charge is 0.491 e. The summed E-state index contributed by atoms with van der Waals surface area (Å²) in [6.45, 7) is 1.68. The molecule has 22 heavy (non-hydrogen) atoms. The van der Waals surface area contributed by atoms with E-state index in [9.17, 15) is 0 Å². The molecule has 0 aliphatic heterocycles. The first kappa shape index (κ1) is 23.5. The summed E-state index contributed by atoms with van der Waals surface area (Å²) < 4.78 is 11.2. The average molecular weight is 357 g/mol. The van der Waals surface area contributed by atoms with Gasteiger partial charge >= 0.3 is 0 Å². The molecule has 130 valence electrons. The van der Waals surface area contributed by atoms with Crippen molar-refractivity contribution in [3.05, 3.63) is 18.0 Å². The zero-order chi connectivity index (χ0) is 14.6. The van der Waals surface area contributed by atoms with E-state index in [1.165, 1.54) is 0 Å². The van der Waals surface area contributed by atoms with Crippen molar-refractivity contribution >= 4 is 24.8 Å². The Morgan fingerprint density at radius 3 is 1.68 bits per heavy atom. The van der Waals surface area contributed by atoms with Gasteiger partial charge in [0.15, 0.2) is 0 Å². The second kappa shape index (κ2) is 15.1. The minimum Gasteiger partial charge on any atom is -0.491 e. The van der Waals surface area contributed by atoms with Gasteiger partial charge in [-0.3, -0.25) is 4.98 Å². The number of aromatic nitrogens is 1. The molecule has 0 unspecified atom stereocenters. The van der Waals surface area contributed by atoms with Crippen LogP contribution in [0.5, 0.6) is 11.5 Å². The molecule has 0 aliphatic rings. The van der Waals surface area contributed by atoms with Gasteiger partial charge in [-0.05, 0) is 25.7 Å². The van der Waals surface area contributed by atoms with Crippen LogP contribution in [0.3, 0.4) is 0 Å². The highest BCUT2D eigenvalue weighted by molar-refractivity contribution is 5.85. The van der Waals surface area contributed by atoms with Crippen LogP contribution in [-0.2, 0) is 6.54 Å². The lowest BCUT2D eigenvalue weighted by Crippen LogP contribution is -2.08. The molecule has 0 bridgehead atoms. The molecule has 0 aromatic carbocycles. The molecule has 6 nitrogen and oxygen atoms in total. The van der Waals surface area contributed by atoms with Crippen LogP contribution in [0, 0.1) is 0 Å². The summed E-state index contributed by atoms with van der Waals surface area (Å²) in [5.74, 6) is 1.26. The third kappa shape index (κ3) is 8.60. The van der Waals surface area contributed by atoms with E-state index in [-0.39, 0.29) is 38.0 Å². The van der Waals surface area contributed by atoms with Crippen LogP contribution in [0.4, 0.5) is 0 Å². The van der Waals surface area contributed by atoms with Crippen LogP contribution in [0.2, 0.25) is 0 Å². The Labute approximate surface area is 143 Å². The molecule has 0 fully saturated rings. The van der Waals surface area contributed by atoms with Crippen LogP contribution >= 0.6 is 24.8 Å². The standard InChI is InChI=1S/C14H24N2O4.2ClH/c15-9-12-13(19-7-3-1-5-17)10-16-11-14(12)20-8-4-2-6-18;;/h10-11,17-18H,1-9,15H2;2*1H. The van der Waals surface area contributed by atoms with Crippen LogP contribution in [0.1, 0.15) is 31.2 Å². The number of halogens is 2. The number of pyridine rings is 1. The molecule has 0 saturated carbocycles. The molecular formula is C14H26Cl2N2O4. The van der Waals surface area contributed by atoms with Gasteiger partial charge in [0, 0.05) is 19.8 Å². The zero-order valence-corrected chi connectivity index (χ0v) is 14.2. The molecule has 4 N–H and O–H groups in total. The highest BCUT2D eigenvalue weighted by atomic mass is 35.5. The van der Waals surface area contributed by atoms with Crippen LogP contribution in [0.25, 0.3) is 0 Å². The normalized spacial score (nSPS) is 9.59. The Kier molecular flexibility index (Phi) is 16.1. The molecule has 0 saturated heterocycles. The first-order chi connectivity index (χ1) is 9.83. The number of ether oxygens (including phenoxy) is 2. The first-order valence-corrected chi connectivity index (χ1v) is 6.97. The molecule has 0 radical (unpaired) electrons. The van der Waals surface area contributed by atoms with Crippen LogP contribution < -0.4 is 15.2 Å². The minimum atomic E-state index is 0. The number of unbranched alkanes of at least 4 members (excludes halogenated alkanes) is 2. The second-order valence-electron chi connectivity index (χ2n) is 4.38. The Morgan fingerprint density at radius 2 is 1.32 bits per heavy atom. The van der Waals surface area contributed by atoms with Crippen molar-refractivity contribution in [1.29, 1.82) is 0 Å². The van der Waals surface area contributed by atoms with Gasteiger partial charge in [0.25, 0.3) is 0 Å². The molecule has 8 heteroatoms. The predicted molar refractivity (Wildman–Crippen MR) is 90.3 cm³/mol. The van der Waals surface area contributed by atoms with Crippen LogP contribution in [0.15, 0.2) is 12.4 Å². The summed E-state index contributed by atoms with van der Waals surface area (Å²) in [7, 11) is 0. The topological polar surface area (TPSA) is 97.8 Å². The van der Waals surface area contributed by atoms with Gasteiger partial charge in [-0.2, -0.15) is 0 Å². The van der Waals surface area contributed by atoms with Crippen molar-refractivity contribution in [2.75, 3.05) is 26.4 Å². The molecular weight excluding hydrogens is 331 g/mol. The molecule has 1 rings (SSSR count). The highest BCUT2D eigenvalue weighted by Gasteiger charge is 2.10. The number of hydrogen-bond donors (Lipinski definition) is 3. The molecule has 1 aromatic rings. The summed E-state index contributed by atoms with van der Waals surface area (Å²) in [4.78, 5) is 4.09. The van der Waals surface area contributed by atoms with E-state index in [0.717, 1.165) is 18.4 Å². The maximum absolute atomic E-state index is 8.72. The third-order valence-corrected chi connectivity index (χ3v) is 2.80. The van der Waals surface area contributed by atoms with Gasteiger partial charge in [-0.1, -0.05) is 0 Å². The van der Waals surface area contributed by atoms with Gasteiger partial charge in [0.2, 0.25) is 0 Å². The van der Waals surface area contributed by atoms with Gasteiger partial charge in [0.1, 0.15) is 11.5 Å². The predicted octanol–water partition coefficient (Wildman–Crippen LogP) is 1.69.